The average molecular weight is 309 g/mol. The molecule has 0 radical (unpaired) electrons. The maximum Gasteiger partial charge on any atom is 0.255 e. The van der Waals surface area contributed by atoms with Crippen molar-refractivity contribution in [2.45, 2.75) is 6.54 Å². The number of hydrogen-bond donors (Lipinski definition) is 0. The van der Waals surface area contributed by atoms with Crippen molar-refractivity contribution in [1.29, 1.82) is 0 Å². The minimum Gasteiger partial charge on any atom is -0.340 e. The Hall–Kier alpha value is -1.69. The van der Waals surface area contributed by atoms with E-state index in [1.807, 2.05) is 12.3 Å². The maximum atomic E-state index is 12.1. The monoisotopic (exact) mass is 308 g/mol. The van der Waals surface area contributed by atoms with E-state index in [-0.39, 0.29) is 5.91 Å². The second-order valence-electron chi connectivity index (χ2n) is 3.87. The molecule has 1 amide bonds. The van der Waals surface area contributed by atoms with Crippen molar-refractivity contribution in [2.24, 2.45) is 0 Å². The molecule has 0 unspecified atom stereocenters. The number of hydrogen-bond acceptors (Lipinski definition) is 3. The highest BCUT2D eigenvalue weighted by atomic mass is 79.9. The molecule has 0 N–H and O–H groups in total. The molecule has 0 bridgehead atoms. The molecule has 2 rings (SSSR count). The minimum absolute atomic E-state index is 0.0397. The number of carbonyl (C=O) groups is 1. The standard InChI is InChI=1S/C12H13BrN4O/c1-16(7-8-17-6-2-5-15-17)12(18)10-3-4-11(13)14-9-10/h2-6,9H,7-8H2,1H3. The van der Waals surface area contributed by atoms with E-state index < -0.39 is 0 Å². The second-order valence-corrected chi connectivity index (χ2v) is 4.68. The van der Waals surface area contributed by atoms with Crippen LogP contribution in [0.2, 0.25) is 0 Å². The summed E-state index contributed by atoms with van der Waals surface area (Å²) in [5.41, 5.74) is 0.584. The molecule has 2 heterocycles. The molecule has 0 aromatic carbocycles. The number of amides is 1. The first-order valence-corrected chi connectivity index (χ1v) is 6.30. The van der Waals surface area contributed by atoms with E-state index in [4.69, 9.17) is 0 Å². The van der Waals surface area contributed by atoms with Crippen LogP contribution in [0, 0.1) is 0 Å². The first kappa shape index (κ1) is 12.8. The zero-order valence-electron chi connectivity index (χ0n) is 9.95. The Morgan fingerprint density at radius 2 is 2.33 bits per heavy atom. The Kier molecular flexibility index (Phi) is 4.09. The summed E-state index contributed by atoms with van der Waals surface area (Å²) < 4.78 is 2.52. The highest BCUT2D eigenvalue weighted by molar-refractivity contribution is 9.10. The van der Waals surface area contributed by atoms with Crippen molar-refractivity contribution in [2.75, 3.05) is 13.6 Å². The minimum atomic E-state index is -0.0397. The van der Waals surface area contributed by atoms with Crippen LogP contribution in [0.5, 0.6) is 0 Å². The van der Waals surface area contributed by atoms with Crippen LogP contribution in [0.4, 0.5) is 0 Å². The third kappa shape index (κ3) is 3.16. The zero-order chi connectivity index (χ0) is 13.0. The Morgan fingerprint density at radius 1 is 1.50 bits per heavy atom. The smallest absolute Gasteiger partial charge is 0.255 e. The fourth-order valence-corrected chi connectivity index (χ4v) is 1.74. The van der Waals surface area contributed by atoms with Crippen LogP contribution in [0.1, 0.15) is 10.4 Å². The SMILES string of the molecule is CN(CCn1cccn1)C(=O)c1ccc(Br)nc1. The first-order valence-electron chi connectivity index (χ1n) is 5.51. The normalized spacial score (nSPS) is 10.3. The molecule has 0 atom stereocenters. The molecule has 2 aromatic heterocycles. The summed E-state index contributed by atoms with van der Waals surface area (Å²) in [5, 5.41) is 4.09. The number of aromatic nitrogens is 3. The van der Waals surface area contributed by atoms with Gasteiger partial charge in [-0.1, -0.05) is 0 Å². The molecule has 0 aliphatic heterocycles. The van der Waals surface area contributed by atoms with Gasteiger partial charge >= 0.3 is 0 Å². The van der Waals surface area contributed by atoms with E-state index >= 15 is 0 Å². The van der Waals surface area contributed by atoms with Crippen molar-refractivity contribution in [1.82, 2.24) is 19.7 Å². The van der Waals surface area contributed by atoms with Gasteiger partial charge < -0.3 is 4.90 Å². The molecular formula is C12H13BrN4O. The predicted molar refractivity (Wildman–Crippen MR) is 71.1 cm³/mol. The van der Waals surface area contributed by atoms with E-state index in [0.717, 1.165) is 4.60 Å². The van der Waals surface area contributed by atoms with Gasteiger partial charge in [0, 0.05) is 32.2 Å². The van der Waals surface area contributed by atoms with Gasteiger partial charge in [-0.15, -0.1) is 0 Å². The Labute approximate surface area is 114 Å². The third-order valence-electron chi connectivity index (χ3n) is 2.54. The number of nitrogens with zero attached hydrogens (tertiary/aromatic N) is 4. The van der Waals surface area contributed by atoms with Gasteiger partial charge in [-0.25, -0.2) is 4.98 Å². The van der Waals surface area contributed by atoms with Crippen molar-refractivity contribution < 1.29 is 4.79 Å². The molecule has 0 aliphatic carbocycles. The van der Waals surface area contributed by atoms with Gasteiger partial charge in [-0.05, 0) is 34.1 Å². The summed E-state index contributed by atoms with van der Waals surface area (Å²) in [6.07, 6.45) is 5.16. The molecule has 0 aliphatic rings. The van der Waals surface area contributed by atoms with Crippen LogP contribution in [-0.4, -0.2) is 39.2 Å². The summed E-state index contributed by atoms with van der Waals surface area (Å²) in [5.74, 6) is -0.0397. The first-order chi connectivity index (χ1) is 8.66. The van der Waals surface area contributed by atoms with Crippen molar-refractivity contribution in [3.05, 3.63) is 47.0 Å². The number of likely N-dealkylation sites (N-methyl/N-ethyl adjacent to an activating group) is 1. The summed E-state index contributed by atoms with van der Waals surface area (Å²) >= 11 is 3.24. The van der Waals surface area contributed by atoms with Gasteiger partial charge in [0.25, 0.3) is 5.91 Å². The third-order valence-corrected chi connectivity index (χ3v) is 3.01. The lowest BCUT2D eigenvalue weighted by molar-refractivity contribution is 0.0788. The maximum absolute atomic E-state index is 12.1. The van der Waals surface area contributed by atoms with Gasteiger partial charge in [0.2, 0.25) is 0 Å². The Balaban J connectivity index is 1.94. The Bertz CT molecular complexity index is 509. The zero-order valence-corrected chi connectivity index (χ0v) is 11.5. The molecule has 0 saturated carbocycles. The van der Waals surface area contributed by atoms with Crippen LogP contribution >= 0.6 is 15.9 Å². The van der Waals surface area contributed by atoms with Gasteiger partial charge in [0.1, 0.15) is 4.60 Å². The molecule has 6 heteroatoms. The van der Waals surface area contributed by atoms with Crippen LogP contribution in [0.3, 0.4) is 0 Å². The number of pyridine rings is 1. The van der Waals surface area contributed by atoms with Crippen LogP contribution in [0.15, 0.2) is 41.4 Å². The summed E-state index contributed by atoms with van der Waals surface area (Å²) in [4.78, 5) is 17.8. The highest BCUT2D eigenvalue weighted by Crippen LogP contribution is 2.08. The molecule has 5 nitrogen and oxygen atoms in total. The lowest BCUT2D eigenvalue weighted by atomic mass is 10.2. The topological polar surface area (TPSA) is 51.0 Å². The Morgan fingerprint density at radius 3 is 2.94 bits per heavy atom. The average Bonchev–Trinajstić information content (AvgIpc) is 2.89. The molecule has 94 valence electrons. The van der Waals surface area contributed by atoms with Crippen LogP contribution in [0.25, 0.3) is 0 Å². The fourth-order valence-electron chi connectivity index (χ4n) is 1.51. The van der Waals surface area contributed by atoms with Gasteiger partial charge in [0.15, 0.2) is 0 Å². The predicted octanol–water partition coefficient (Wildman–Crippen LogP) is 1.81. The van der Waals surface area contributed by atoms with Crippen molar-refractivity contribution >= 4 is 21.8 Å². The fraction of sp³-hybridized carbons (Fsp3) is 0.250. The van der Waals surface area contributed by atoms with Crippen molar-refractivity contribution in [3.63, 3.8) is 0 Å². The molecule has 18 heavy (non-hydrogen) atoms. The summed E-state index contributed by atoms with van der Waals surface area (Å²) in [7, 11) is 1.77. The van der Waals surface area contributed by atoms with Gasteiger partial charge in [-0.3, -0.25) is 9.48 Å². The van der Waals surface area contributed by atoms with Crippen molar-refractivity contribution in [3.8, 4) is 0 Å². The lowest BCUT2D eigenvalue weighted by Gasteiger charge is -2.16. The largest absolute Gasteiger partial charge is 0.340 e. The van der Waals surface area contributed by atoms with Crippen LogP contribution in [-0.2, 0) is 6.54 Å². The van der Waals surface area contributed by atoms with E-state index in [9.17, 15) is 4.79 Å². The molecule has 0 spiro atoms. The second kappa shape index (κ2) is 5.77. The molecule has 2 aromatic rings. The van der Waals surface area contributed by atoms with E-state index in [1.54, 1.807) is 41.2 Å². The highest BCUT2D eigenvalue weighted by Gasteiger charge is 2.11. The van der Waals surface area contributed by atoms with Crippen LogP contribution < -0.4 is 0 Å². The lowest BCUT2D eigenvalue weighted by Crippen LogP contribution is -2.30. The number of rotatable bonds is 4. The van der Waals surface area contributed by atoms with E-state index in [2.05, 4.69) is 26.0 Å². The van der Waals surface area contributed by atoms with Gasteiger partial charge in [0.05, 0.1) is 12.1 Å². The van der Waals surface area contributed by atoms with E-state index in [0.29, 0.717) is 18.7 Å². The van der Waals surface area contributed by atoms with E-state index in [1.165, 1.54) is 0 Å². The quantitative estimate of drug-likeness (QED) is 0.810. The molecular weight excluding hydrogens is 296 g/mol. The summed E-state index contributed by atoms with van der Waals surface area (Å²) in [6.45, 7) is 1.29. The number of halogens is 1. The molecule has 0 saturated heterocycles. The number of carbonyl (C=O) groups excluding carboxylic acids is 1. The summed E-state index contributed by atoms with van der Waals surface area (Å²) in [6, 6.07) is 5.37. The van der Waals surface area contributed by atoms with Gasteiger partial charge in [-0.2, -0.15) is 5.10 Å². The molecule has 0 fully saturated rings.